The summed E-state index contributed by atoms with van der Waals surface area (Å²) in [5.74, 6) is -5.92. The number of carbonyl (C=O) groups is 3. The summed E-state index contributed by atoms with van der Waals surface area (Å²) >= 11 is 0. The summed E-state index contributed by atoms with van der Waals surface area (Å²) in [6.45, 7) is 6.94. The number of likely N-dealkylation sites (N-methyl/N-ethyl adjacent to an activating group) is 1. The highest BCUT2D eigenvalue weighted by atomic mass is 19.3. The lowest BCUT2D eigenvalue weighted by molar-refractivity contribution is -0.228. The lowest BCUT2D eigenvalue weighted by Crippen LogP contribution is -2.81. The van der Waals surface area contributed by atoms with Gasteiger partial charge in [0.2, 0.25) is 11.5 Å². The number of ether oxygens (including phenoxy) is 4. The van der Waals surface area contributed by atoms with Crippen LogP contribution in [0.1, 0.15) is 75.5 Å². The zero-order valence-electron chi connectivity index (χ0n) is 35.6. The SMILES string of the molecule is CC[C@]12C=CCN3CC[C@@]4(c5cc([C@@]6(C(=O)OC)CC7C[C@H](C(C)(F)F)CN(CCC8c9ccccc9NC86)C7)c(OC)cc5N(C)[C@H]4[C@](O)(C(=O)OC)[C@@H]1OC(C)=O)[C@@H]32. The number of anilines is 2. The third kappa shape index (κ3) is 5.37. The molecule has 2 bridgehead atoms. The highest BCUT2D eigenvalue weighted by Gasteiger charge is 2.80. The van der Waals surface area contributed by atoms with Crippen LogP contribution < -0.4 is 15.0 Å². The Morgan fingerprint density at radius 2 is 1.77 bits per heavy atom. The number of benzene rings is 2. The van der Waals surface area contributed by atoms with Crippen LogP contribution in [-0.4, -0.2) is 130 Å². The molecule has 2 aromatic rings. The monoisotopic (exact) mass is 832 g/mol. The van der Waals surface area contributed by atoms with Gasteiger partial charge in [-0.3, -0.25) is 14.5 Å². The zero-order valence-corrected chi connectivity index (χ0v) is 35.6. The van der Waals surface area contributed by atoms with E-state index in [0.717, 1.165) is 23.7 Å². The summed E-state index contributed by atoms with van der Waals surface area (Å²) in [5.41, 5.74) is -1.69. The normalized spacial score (nSPS) is 38.7. The Labute approximate surface area is 350 Å². The second-order valence-electron chi connectivity index (χ2n) is 18.7. The molecule has 12 nitrogen and oxygen atoms in total. The summed E-state index contributed by atoms with van der Waals surface area (Å²) in [7, 11) is 6.01. The Balaban J connectivity index is 1.32. The van der Waals surface area contributed by atoms with Crippen molar-refractivity contribution in [3.05, 3.63) is 65.2 Å². The predicted molar refractivity (Wildman–Crippen MR) is 219 cm³/mol. The first-order chi connectivity index (χ1) is 28.6. The molecule has 1 saturated carbocycles. The summed E-state index contributed by atoms with van der Waals surface area (Å²) in [4.78, 5) is 49.1. The first-order valence-corrected chi connectivity index (χ1v) is 21.5. The van der Waals surface area contributed by atoms with Crippen molar-refractivity contribution in [3.8, 4) is 5.75 Å². The molecule has 60 heavy (non-hydrogen) atoms. The molecule has 14 heteroatoms. The molecule has 324 valence electrons. The average Bonchev–Trinajstić information content (AvgIpc) is 3.89. The number of nitrogens with one attached hydrogen (secondary N) is 1. The van der Waals surface area contributed by atoms with Crippen molar-refractivity contribution in [3.63, 3.8) is 0 Å². The molecule has 1 spiro atoms. The summed E-state index contributed by atoms with van der Waals surface area (Å²) in [6, 6.07) is 10.2. The standard InChI is InChI=1S/C46H58F2N4O8/c1-8-43-15-11-17-52-19-16-44(37(43)52)31-21-32(35(57-5)22-34(31)50(4)38(44)46(56,41(55)59-7)39(43)60-26(2)53)45(40(54)58-6)23-27-20-28(42(3,47)48)25-51(24-27)18-14-30-29-12-9-10-13-33(29)49-36(30)45/h9-13,15,21-22,27-28,30,36-39,49,56H,8,14,16-20,23-25H2,1-7H3/t27?,28-,30?,36?,37-,38+,39+,43+,44+,45-,46+/m0/s1. The van der Waals surface area contributed by atoms with Crippen molar-refractivity contribution in [1.29, 1.82) is 0 Å². The van der Waals surface area contributed by atoms with Gasteiger partial charge in [-0.15, -0.1) is 0 Å². The second kappa shape index (κ2) is 14.1. The predicted octanol–water partition coefficient (Wildman–Crippen LogP) is 5.02. The minimum atomic E-state index is -2.92. The van der Waals surface area contributed by atoms with E-state index in [-0.39, 0.29) is 37.3 Å². The molecule has 4 fully saturated rings. The minimum absolute atomic E-state index is 0.187. The number of carbonyl (C=O) groups excluding carboxylic acids is 3. The molecular formula is C46H58F2N4O8. The first-order valence-electron chi connectivity index (χ1n) is 21.5. The van der Waals surface area contributed by atoms with E-state index in [1.807, 2.05) is 55.3 Å². The van der Waals surface area contributed by atoms with Crippen molar-refractivity contribution in [1.82, 2.24) is 9.80 Å². The number of fused-ring (bicyclic) bond motifs is 6. The molecule has 2 aromatic carbocycles. The Bertz CT molecular complexity index is 2130. The van der Waals surface area contributed by atoms with E-state index in [2.05, 4.69) is 27.2 Å². The van der Waals surface area contributed by atoms with Gasteiger partial charge in [-0.1, -0.05) is 37.3 Å². The van der Waals surface area contributed by atoms with Gasteiger partial charge in [-0.25, -0.2) is 13.6 Å². The number of alkyl halides is 2. The number of aliphatic hydroxyl groups is 1. The van der Waals surface area contributed by atoms with Crippen LogP contribution in [0.2, 0.25) is 0 Å². The van der Waals surface area contributed by atoms with E-state index in [1.54, 1.807) is 7.11 Å². The molecule has 4 unspecified atom stereocenters. The highest BCUT2D eigenvalue weighted by molar-refractivity contribution is 5.90. The molecule has 7 aliphatic rings. The maximum Gasteiger partial charge on any atom is 0.344 e. The van der Waals surface area contributed by atoms with Crippen molar-refractivity contribution >= 4 is 29.3 Å². The van der Waals surface area contributed by atoms with Gasteiger partial charge >= 0.3 is 17.9 Å². The number of para-hydroxylation sites is 1. The van der Waals surface area contributed by atoms with Gasteiger partial charge in [0.25, 0.3) is 0 Å². The van der Waals surface area contributed by atoms with E-state index in [4.69, 9.17) is 18.9 Å². The van der Waals surface area contributed by atoms with Crippen LogP contribution in [0.4, 0.5) is 20.2 Å². The molecule has 9 rings (SSSR count). The van der Waals surface area contributed by atoms with Gasteiger partial charge < -0.3 is 39.2 Å². The number of rotatable bonds is 7. The van der Waals surface area contributed by atoms with E-state index in [9.17, 15) is 14.7 Å². The number of halogens is 2. The summed E-state index contributed by atoms with van der Waals surface area (Å²) in [5, 5.41) is 17.1. The van der Waals surface area contributed by atoms with Crippen molar-refractivity contribution in [2.45, 2.75) is 105 Å². The van der Waals surface area contributed by atoms with Crippen LogP contribution in [0, 0.1) is 17.3 Å². The van der Waals surface area contributed by atoms with Gasteiger partial charge in [0.15, 0.2) is 6.10 Å². The number of hydrogen-bond acceptors (Lipinski definition) is 12. The average molecular weight is 833 g/mol. The molecule has 1 aliphatic carbocycles. The van der Waals surface area contributed by atoms with Gasteiger partial charge in [0.05, 0.1) is 33.4 Å². The summed E-state index contributed by atoms with van der Waals surface area (Å²) < 4.78 is 54.5. The fourth-order valence-corrected chi connectivity index (χ4v) is 14.0. The number of nitrogens with zero attached hydrogens (tertiary/aromatic N) is 3. The number of methoxy groups -OCH3 is 3. The van der Waals surface area contributed by atoms with Crippen LogP contribution in [-0.2, 0) is 39.4 Å². The van der Waals surface area contributed by atoms with Gasteiger partial charge in [0.1, 0.15) is 11.2 Å². The quantitative estimate of drug-likeness (QED) is 0.221. The topological polar surface area (TPSA) is 130 Å². The molecule has 3 saturated heterocycles. The Hall–Kier alpha value is -4.27. The third-order valence-corrected chi connectivity index (χ3v) is 16.1. The third-order valence-electron chi connectivity index (χ3n) is 16.1. The largest absolute Gasteiger partial charge is 0.496 e. The maximum absolute atomic E-state index is 15.4. The van der Waals surface area contributed by atoms with Crippen molar-refractivity contribution in [2.75, 3.05) is 71.3 Å². The van der Waals surface area contributed by atoms with Crippen LogP contribution >= 0.6 is 0 Å². The Morgan fingerprint density at radius 1 is 1.02 bits per heavy atom. The van der Waals surface area contributed by atoms with E-state index >= 15 is 13.6 Å². The minimum Gasteiger partial charge on any atom is -0.496 e. The first kappa shape index (κ1) is 41.1. The van der Waals surface area contributed by atoms with Crippen molar-refractivity contribution < 1.29 is 47.2 Å². The molecule has 0 aromatic heterocycles. The molecule has 12 atom stereocenters. The fraction of sp³-hybridized carbons (Fsp3) is 0.630. The van der Waals surface area contributed by atoms with E-state index in [0.29, 0.717) is 62.4 Å². The maximum atomic E-state index is 15.4. The second-order valence-corrected chi connectivity index (χ2v) is 18.7. The molecule has 6 aliphatic heterocycles. The number of hydrogen-bond donors (Lipinski definition) is 2. The number of esters is 3. The molecule has 0 amide bonds. The lowest BCUT2D eigenvalue weighted by Gasteiger charge is -2.63. The fourth-order valence-electron chi connectivity index (χ4n) is 14.0. The van der Waals surface area contributed by atoms with Crippen LogP contribution in [0.3, 0.4) is 0 Å². The van der Waals surface area contributed by atoms with Gasteiger partial charge in [-0.05, 0) is 81.3 Å². The lowest BCUT2D eigenvalue weighted by atomic mass is 9.47. The Morgan fingerprint density at radius 3 is 2.45 bits per heavy atom. The molecular weight excluding hydrogens is 775 g/mol. The van der Waals surface area contributed by atoms with E-state index < -0.39 is 69.8 Å². The van der Waals surface area contributed by atoms with Crippen LogP contribution in [0.25, 0.3) is 0 Å². The summed E-state index contributed by atoms with van der Waals surface area (Å²) in [6.07, 6.45) is 4.78. The van der Waals surface area contributed by atoms with Crippen LogP contribution in [0.15, 0.2) is 48.6 Å². The van der Waals surface area contributed by atoms with Crippen LogP contribution in [0.5, 0.6) is 5.75 Å². The van der Waals surface area contributed by atoms with Crippen molar-refractivity contribution in [2.24, 2.45) is 17.3 Å². The highest BCUT2D eigenvalue weighted by Crippen LogP contribution is 2.68. The molecule has 0 radical (unpaired) electrons. The van der Waals surface area contributed by atoms with Gasteiger partial charge in [0, 0.05) is 85.3 Å². The van der Waals surface area contributed by atoms with E-state index in [1.165, 1.54) is 21.1 Å². The Kier molecular flexibility index (Phi) is 9.68. The smallest absolute Gasteiger partial charge is 0.344 e. The molecule has 2 N–H and O–H groups in total. The number of piperidine rings is 1. The van der Waals surface area contributed by atoms with Gasteiger partial charge in [-0.2, -0.15) is 0 Å². The zero-order chi connectivity index (χ0) is 42.7. The molecule has 6 heterocycles.